The van der Waals surface area contributed by atoms with E-state index in [4.69, 9.17) is 15.0 Å². The Labute approximate surface area is 104 Å². The van der Waals surface area contributed by atoms with E-state index in [1.54, 1.807) is 0 Å². The minimum absolute atomic E-state index is 0.0423. The standard InChI is InChI=1S/C12H15N3O3/c1-2-17-9-5-3-4-8(6-9)11-14-12(18-15-11)10(16)7-13/h3-6,10,16H,2,7,13H2,1H3/t10-/m0/s1. The first kappa shape index (κ1) is 12.5. The number of rotatable bonds is 5. The number of benzene rings is 1. The molecule has 0 fully saturated rings. The lowest BCUT2D eigenvalue weighted by molar-refractivity contribution is 0.141. The molecule has 6 heteroatoms. The van der Waals surface area contributed by atoms with E-state index in [0.29, 0.717) is 12.4 Å². The Morgan fingerprint density at radius 1 is 1.50 bits per heavy atom. The van der Waals surface area contributed by atoms with Gasteiger partial charge in [0.25, 0.3) is 5.89 Å². The summed E-state index contributed by atoms with van der Waals surface area (Å²) in [7, 11) is 0. The van der Waals surface area contributed by atoms with E-state index in [2.05, 4.69) is 10.1 Å². The van der Waals surface area contributed by atoms with Crippen molar-refractivity contribution in [2.45, 2.75) is 13.0 Å². The van der Waals surface area contributed by atoms with E-state index >= 15 is 0 Å². The molecule has 0 aliphatic carbocycles. The molecule has 2 rings (SSSR count). The van der Waals surface area contributed by atoms with Crippen molar-refractivity contribution in [3.8, 4) is 17.1 Å². The predicted octanol–water partition coefficient (Wildman–Crippen LogP) is 1.13. The predicted molar refractivity (Wildman–Crippen MR) is 64.9 cm³/mol. The number of ether oxygens (including phenoxy) is 1. The average Bonchev–Trinajstić information content (AvgIpc) is 2.88. The Bertz CT molecular complexity index is 513. The highest BCUT2D eigenvalue weighted by Gasteiger charge is 2.15. The van der Waals surface area contributed by atoms with E-state index in [1.165, 1.54) is 0 Å². The molecule has 0 unspecified atom stereocenters. The molecule has 3 N–H and O–H groups in total. The van der Waals surface area contributed by atoms with E-state index < -0.39 is 6.10 Å². The van der Waals surface area contributed by atoms with Crippen LogP contribution in [0.4, 0.5) is 0 Å². The summed E-state index contributed by atoms with van der Waals surface area (Å²) in [6.07, 6.45) is -0.929. The number of hydrogen-bond donors (Lipinski definition) is 2. The maximum atomic E-state index is 9.48. The topological polar surface area (TPSA) is 94.4 Å². The van der Waals surface area contributed by atoms with Gasteiger partial charge in [0, 0.05) is 12.1 Å². The highest BCUT2D eigenvalue weighted by molar-refractivity contribution is 5.56. The lowest BCUT2D eigenvalue weighted by Gasteiger charge is -2.03. The van der Waals surface area contributed by atoms with Crippen LogP contribution in [0.5, 0.6) is 5.75 Å². The average molecular weight is 249 g/mol. The molecule has 6 nitrogen and oxygen atoms in total. The highest BCUT2D eigenvalue weighted by atomic mass is 16.5. The molecule has 0 aliphatic rings. The number of nitrogens with zero attached hydrogens (tertiary/aromatic N) is 2. The van der Waals surface area contributed by atoms with Gasteiger partial charge in [0.2, 0.25) is 5.82 Å². The molecule has 2 aromatic rings. The quantitative estimate of drug-likeness (QED) is 0.824. The third-order valence-corrected chi connectivity index (χ3v) is 2.35. The zero-order chi connectivity index (χ0) is 13.0. The molecule has 1 aromatic heterocycles. The van der Waals surface area contributed by atoms with Gasteiger partial charge in [0.15, 0.2) is 0 Å². The fraction of sp³-hybridized carbons (Fsp3) is 0.333. The summed E-state index contributed by atoms with van der Waals surface area (Å²) in [5, 5.41) is 13.3. The van der Waals surface area contributed by atoms with Gasteiger partial charge < -0.3 is 20.1 Å². The Morgan fingerprint density at radius 3 is 3.06 bits per heavy atom. The zero-order valence-electron chi connectivity index (χ0n) is 10.0. The van der Waals surface area contributed by atoms with E-state index in [9.17, 15) is 5.11 Å². The monoisotopic (exact) mass is 249 g/mol. The van der Waals surface area contributed by atoms with Crippen molar-refractivity contribution >= 4 is 0 Å². The third-order valence-electron chi connectivity index (χ3n) is 2.35. The summed E-state index contributed by atoms with van der Waals surface area (Å²) < 4.78 is 10.3. The number of nitrogens with two attached hydrogens (primary N) is 1. The van der Waals surface area contributed by atoms with E-state index in [-0.39, 0.29) is 12.4 Å². The van der Waals surface area contributed by atoms with Crippen LogP contribution in [0.1, 0.15) is 18.9 Å². The minimum Gasteiger partial charge on any atom is -0.494 e. The van der Waals surface area contributed by atoms with Crippen LogP contribution in [-0.2, 0) is 0 Å². The second-order valence-electron chi connectivity index (χ2n) is 3.67. The second-order valence-corrected chi connectivity index (χ2v) is 3.67. The number of aliphatic hydroxyl groups excluding tert-OH is 1. The van der Waals surface area contributed by atoms with Gasteiger partial charge in [-0.25, -0.2) is 0 Å². The van der Waals surface area contributed by atoms with Crippen molar-refractivity contribution < 1.29 is 14.4 Å². The summed E-state index contributed by atoms with van der Waals surface area (Å²) in [6, 6.07) is 7.34. The molecule has 0 radical (unpaired) electrons. The molecule has 1 heterocycles. The first-order valence-electron chi connectivity index (χ1n) is 5.69. The maximum absolute atomic E-state index is 9.48. The van der Waals surface area contributed by atoms with Gasteiger partial charge in [-0.3, -0.25) is 0 Å². The molecule has 0 spiro atoms. The van der Waals surface area contributed by atoms with Gasteiger partial charge in [-0.1, -0.05) is 17.3 Å². The normalized spacial score (nSPS) is 12.4. The van der Waals surface area contributed by atoms with Crippen LogP contribution >= 0.6 is 0 Å². The molecule has 0 saturated carbocycles. The number of aliphatic hydroxyl groups is 1. The first-order valence-corrected chi connectivity index (χ1v) is 5.69. The van der Waals surface area contributed by atoms with Crippen LogP contribution in [0.15, 0.2) is 28.8 Å². The molecule has 0 saturated heterocycles. The largest absolute Gasteiger partial charge is 0.494 e. The van der Waals surface area contributed by atoms with E-state index in [0.717, 1.165) is 11.3 Å². The van der Waals surface area contributed by atoms with Crippen LogP contribution in [-0.4, -0.2) is 28.4 Å². The van der Waals surface area contributed by atoms with Crippen molar-refractivity contribution in [3.63, 3.8) is 0 Å². The van der Waals surface area contributed by atoms with Gasteiger partial charge in [0.05, 0.1) is 6.61 Å². The number of hydrogen-bond acceptors (Lipinski definition) is 6. The van der Waals surface area contributed by atoms with E-state index in [1.807, 2.05) is 31.2 Å². The fourth-order valence-corrected chi connectivity index (χ4v) is 1.48. The van der Waals surface area contributed by atoms with Gasteiger partial charge in [-0.15, -0.1) is 0 Å². The summed E-state index contributed by atoms with van der Waals surface area (Å²) in [6.45, 7) is 2.55. The molecule has 1 aromatic carbocycles. The third kappa shape index (κ3) is 2.66. The Kier molecular flexibility index (Phi) is 3.91. The number of aromatic nitrogens is 2. The molecule has 0 amide bonds. The summed E-state index contributed by atoms with van der Waals surface area (Å²) in [5.41, 5.74) is 6.08. The summed E-state index contributed by atoms with van der Waals surface area (Å²) in [4.78, 5) is 4.09. The van der Waals surface area contributed by atoms with Crippen LogP contribution in [0.3, 0.4) is 0 Å². The Hall–Kier alpha value is -1.92. The highest BCUT2D eigenvalue weighted by Crippen LogP contribution is 2.22. The second kappa shape index (κ2) is 5.61. The fourth-order valence-electron chi connectivity index (χ4n) is 1.48. The van der Waals surface area contributed by atoms with Crippen molar-refractivity contribution in [1.29, 1.82) is 0 Å². The molecule has 18 heavy (non-hydrogen) atoms. The maximum Gasteiger partial charge on any atom is 0.257 e. The van der Waals surface area contributed by atoms with Crippen molar-refractivity contribution in [2.75, 3.05) is 13.2 Å². The van der Waals surface area contributed by atoms with Crippen LogP contribution in [0.25, 0.3) is 11.4 Å². The summed E-state index contributed by atoms with van der Waals surface area (Å²) >= 11 is 0. The molecule has 0 bridgehead atoms. The molecular formula is C12H15N3O3. The van der Waals surface area contributed by atoms with Gasteiger partial charge in [0.1, 0.15) is 11.9 Å². The van der Waals surface area contributed by atoms with Gasteiger partial charge in [-0.05, 0) is 19.1 Å². The lowest BCUT2D eigenvalue weighted by Crippen LogP contribution is -2.11. The SMILES string of the molecule is CCOc1cccc(-c2noc([C@@H](O)CN)n2)c1. The van der Waals surface area contributed by atoms with Gasteiger partial charge in [-0.2, -0.15) is 4.98 Å². The molecule has 1 atom stereocenters. The van der Waals surface area contributed by atoms with Crippen LogP contribution in [0, 0.1) is 0 Å². The van der Waals surface area contributed by atoms with Crippen molar-refractivity contribution in [1.82, 2.24) is 10.1 Å². The Morgan fingerprint density at radius 2 is 2.33 bits per heavy atom. The molecular weight excluding hydrogens is 234 g/mol. The Balaban J connectivity index is 2.25. The molecule has 0 aliphatic heterocycles. The summed E-state index contributed by atoms with van der Waals surface area (Å²) in [5.74, 6) is 1.26. The van der Waals surface area contributed by atoms with Crippen LogP contribution < -0.4 is 10.5 Å². The van der Waals surface area contributed by atoms with Crippen molar-refractivity contribution in [2.24, 2.45) is 5.73 Å². The first-order chi connectivity index (χ1) is 8.74. The van der Waals surface area contributed by atoms with Gasteiger partial charge >= 0.3 is 0 Å². The smallest absolute Gasteiger partial charge is 0.257 e. The lowest BCUT2D eigenvalue weighted by atomic mass is 10.2. The zero-order valence-corrected chi connectivity index (χ0v) is 10.0. The minimum atomic E-state index is -0.929. The molecule has 96 valence electrons. The van der Waals surface area contributed by atoms with Crippen LogP contribution in [0.2, 0.25) is 0 Å². The van der Waals surface area contributed by atoms with Crippen molar-refractivity contribution in [3.05, 3.63) is 30.2 Å².